The Kier molecular flexibility index (Phi) is 9.40. The molecular weight excluding hydrogens is 525 g/mol. The SMILES string of the molecule is COC(=O)CC[C@H](NC(=O)c1ccc(CCn2cnc3nc(NC(=O)C(C)(C)C)cc-3c2O)c(F)c1)C(=O)OC. The third-order valence-corrected chi connectivity index (χ3v) is 6.10. The lowest BCUT2D eigenvalue weighted by molar-refractivity contribution is -0.144. The summed E-state index contributed by atoms with van der Waals surface area (Å²) in [4.78, 5) is 56.7. The molecule has 1 atom stereocenters. The molecule has 0 saturated carbocycles. The summed E-state index contributed by atoms with van der Waals surface area (Å²) in [7, 11) is 2.35. The lowest BCUT2D eigenvalue weighted by Crippen LogP contribution is -2.42. The van der Waals surface area contributed by atoms with E-state index in [0.29, 0.717) is 5.56 Å². The lowest BCUT2D eigenvalue weighted by atomic mass is 9.96. The van der Waals surface area contributed by atoms with Crippen LogP contribution in [0.3, 0.4) is 0 Å². The Hall–Kier alpha value is -4.55. The molecule has 0 radical (unpaired) electrons. The van der Waals surface area contributed by atoms with Crippen LogP contribution in [0.1, 0.15) is 49.5 Å². The van der Waals surface area contributed by atoms with Crippen molar-refractivity contribution in [3.05, 3.63) is 47.5 Å². The van der Waals surface area contributed by atoms with E-state index < -0.39 is 35.1 Å². The summed E-state index contributed by atoms with van der Waals surface area (Å²) in [5.41, 5.74) is -0.0578. The number of amides is 2. The van der Waals surface area contributed by atoms with E-state index in [1.165, 1.54) is 36.2 Å². The zero-order chi connectivity index (χ0) is 29.6. The van der Waals surface area contributed by atoms with Crippen molar-refractivity contribution in [1.82, 2.24) is 19.9 Å². The van der Waals surface area contributed by atoms with Crippen LogP contribution in [0.2, 0.25) is 0 Å². The monoisotopic (exact) mass is 557 g/mol. The highest BCUT2D eigenvalue weighted by Crippen LogP contribution is 2.32. The summed E-state index contributed by atoms with van der Waals surface area (Å²) < 4.78 is 25.5. The van der Waals surface area contributed by atoms with E-state index in [2.05, 4.69) is 30.1 Å². The Bertz CT molecular complexity index is 1380. The average molecular weight is 558 g/mol. The Morgan fingerprint density at radius 3 is 2.48 bits per heavy atom. The Labute approximate surface area is 230 Å². The number of nitrogens with one attached hydrogen (secondary N) is 2. The van der Waals surface area contributed by atoms with Gasteiger partial charge in [0, 0.05) is 23.9 Å². The van der Waals surface area contributed by atoms with Gasteiger partial charge in [-0.15, -0.1) is 0 Å². The molecule has 0 bridgehead atoms. The molecule has 2 heterocycles. The number of fused-ring (bicyclic) bond motifs is 1. The summed E-state index contributed by atoms with van der Waals surface area (Å²) in [6.45, 7) is 5.45. The Balaban J connectivity index is 1.68. The smallest absolute Gasteiger partial charge is 0.328 e. The predicted molar refractivity (Wildman–Crippen MR) is 141 cm³/mol. The van der Waals surface area contributed by atoms with Crippen LogP contribution in [0.25, 0.3) is 11.4 Å². The first-order chi connectivity index (χ1) is 18.8. The second-order valence-electron chi connectivity index (χ2n) is 10.1. The molecule has 3 N–H and O–H groups in total. The van der Waals surface area contributed by atoms with Crippen molar-refractivity contribution >= 4 is 29.6 Å². The number of aryl methyl sites for hydroxylation is 2. The summed E-state index contributed by atoms with van der Waals surface area (Å²) in [5, 5.41) is 15.9. The molecular formula is C27H32FN5O7. The van der Waals surface area contributed by atoms with Gasteiger partial charge in [0.15, 0.2) is 5.82 Å². The highest BCUT2D eigenvalue weighted by Gasteiger charge is 2.25. The fraction of sp³-hybridized carbons (Fsp3) is 0.407. The van der Waals surface area contributed by atoms with Crippen molar-refractivity contribution in [2.45, 2.75) is 52.6 Å². The van der Waals surface area contributed by atoms with E-state index in [0.717, 1.165) is 13.2 Å². The van der Waals surface area contributed by atoms with E-state index in [9.17, 15) is 28.7 Å². The molecule has 2 aliphatic heterocycles. The van der Waals surface area contributed by atoms with Gasteiger partial charge in [0.05, 0.1) is 26.1 Å². The van der Waals surface area contributed by atoms with Crippen LogP contribution >= 0.6 is 0 Å². The number of esters is 2. The summed E-state index contributed by atoms with van der Waals surface area (Å²) >= 11 is 0. The third kappa shape index (κ3) is 7.30. The highest BCUT2D eigenvalue weighted by atomic mass is 19.1. The maximum absolute atomic E-state index is 14.9. The number of methoxy groups -OCH3 is 2. The van der Waals surface area contributed by atoms with Crippen molar-refractivity contribution < 1.29 is 38.1 Å². The van der Waals surface area contributed by atoms with Crippen LogP contribution < -0.4 is 10.6 Å². The fourth-order valence-corrected chi connectivity index (χ4v) is 3.67. The van der Waals surface area contributed by atoms with Gasteiger partial charge in [-0.1, -0.05) is 26.8 Å². The molecule has 1 aromatic carbocycles. The van der Waals surface area contributed by atoms with E-state index in [1.54, 1.807) is 20.8 Å². The molecule has 13 heteroatoms. The molecule has 0 aliphatic carbocycles. The van der Waals surface area contributed by atoms with E-state index in [4.69, 9.17) is 0 Å². The molecule has 3 rings (SSSR count). The minimum atomic E-state index is -1.12. The molecule has 0 spiro atoms. The number of aromatic hydroxyl groups is 1. The maximum Gasteiger partial charge on any atom is 0.328 e. The number of benzene rings is 1. The average Bonchev–Trinajstić information content (AvgIpc) is 3.33. The quantitative estimate of drug-likeness (QED) is 0.318. The molecule has 2 aliphatic rings. The molecule has 214 valence electrons. The molecule has 2 amide bonds. The molecule has 0 unspecified atom stereocenters. The number of anilines is 1. The number of nitrogens with zero attached hydrogens (tertiary/aromatic N) is 3. The molecule has 0 aromatic heterocycles. The van der Waals surface area contributed by atoms with Gasteiger partial charge in [-0.05, 0) is 36.6 Å². The van der Waals surface area contributed by atoms with Crippen molar-refractivity contribution in [1.29, 1.82) is 0 Å². The zero-order valence-corrected chi connectivity index (χ0v) is 22.9. The molecule has 1 aromatic rings. The number of carbonyl (C=O) groups is 4. The zero-order valence-electron chi connectivity index (χ0n) is 22.9. The van der Waals surface area contributed by atoms with Crippen molar-refractivity contribution in [2.75, 3.05) is 19.5 Å². The van der Waals surface area contributed by atoms with Gasteiger partial charge >= 0.3 is 11.9 Å². The van der Waals surface area contributed by atoms with Gasteiger partial charge in [0.1, 0.15) is 17.7 Å². The van der Waals surface area contributed by atoms with E-state index in [-0.39, 0.29) is 60.4 Å². The molecule has 40 heavy (non-hydrogen) atoms. The minimum absolute atomic E-state index is 0.0282. The van der Waals surface area contributed by atoms with Gasteiger partial charge in [-0.3, -0.25) is 14.4 Å². The van der Waals surface area contributed by atoms with Gasteiger partial charge in [0.2, 0.25) is 11.8 Å². The summed E-state index contributed by atoms with van der Waals surface area (Å²) in [6.07, 6.45) is 1.35. The van der Waals surface area contributed by atoms with Crippen LogP contribution in [-0.4, -0.2) is 63.7 Å². The third-order valence-electron chi connectivity index (χ3n) is 6.10. The van der Waals surface area contributed by atoms with Crippen LogP contribution in [0, 0.1) is 11.2 Å². The van der Waals surface area contributed by atoms with Crippen LogP contribution in [0.5, 0.6) is 5.88 Å². The number of aromatic nitrogens is 3. The Morgan fingerprint density at radius 2 is 1.85 bits per heavy atom. The number of rotatable bonds is 10. The Morgan fingerprint density at radius 1 is 1.12 bits per heavy atom. The van der Waals surface area contributed by atoms with Gasteiger partial charge in [-0.2, -0.15) is 0 Å². The van der Waals surface area contributed by atoms with Crippen molar-refractivity contribution in [2.24, 2.45) is 5.41 Å². The second-order valence-corrected chi connectivity index (χ2v) is 10.1. The maximum atomic E-state index is 14.9. The van der Waals surface area contributed by atoms with Crippen molar-refractivity contribution in [3.8, 4) is 17.3 Å². The largest absolute Gasteiger partial charge is 0.494 e. The summed E-state index contributed by atoms with van der Waals surface area (Å²) in [6, 6.07) is 4.27. The number of halogens is 1. The van der Waals surface area contributed by atoms with Crippen molar-refractivity contribution in [3.63, 3.8) is 0 Å². The van der Waals surface area contributed by atoms with Crippen LogP contribution in [0.4, 0.5) is 10.2 Å². The molecule has 12 nitrogen and oxygen atoms in total. The number of hydrogen-bond donors (Lipinski definition) is 3. The molecule has 0 saturated heterocycles. The van der Waals surface area contributed by atoms with Gasteiger partial charge < -0.3 is 29.8 Å². The minimum Gasteiger partial charge on any atom is -0.494 e. The van der Waals surface area contributed by atoms with Crippen LogP contribution in [0.15, 0.2) is 30.6 Å². The van der Waals surface area contributed by atoms with Gasteiger partial charge in [0.25, 0.3) is 5.91 Å². The fourth-order valence-electron chi connectivity index (χ4n) is 3.67. The number of ether oxygens (including phenoxy) is 2. The lowest BCUT2D eigenvalue weighted by Gasteiger charge is -2.16. The second kappa shape index (κ2) is 12.5. The van der Waals surface area contributed by atoms with E-state index >= 15 is 0 Å². The summed E-state index contributed by atoms with van der Waals surface area (Å²) in [5.74, 6) is -2.56. The first-order valence-corrected chi connectivity index (χ1v) is 12.4. The predicted octanol–water partition coefficient (Wildman–Crippen LogP) is 2.68. The number of hydrogen-bond acceptors (Lipinski definition) is 9. The highest BCUT2D eigenvalue weighted by molar-refractivity contribution is 5.97. The first-order valence-electron chi connectivity index (χ1n) is 12.4. The van der Waals surface area contributed by atoms with Crippen LogP contribution in [-0.2, 0) is 36.8 Å². The number of carbonyl (C=O) groups excluding carboxylic acids is 4. The first kappa shape index (κ1) is 30.0. The molecule has 0 fully saturated rings. The normalized spacial score (nSPS) is 12.1. The topological polar surface area (TPSA) is 162 Å². The standard InChI is InChI=1S/C27H32FN5O7/c1-27(2,3)26(38)32-20-13-17-22(31-20)29-14-33(24(17)36)11-10-15-6-7-16(12-18(15)28)23(35)30-19(25(37)40-5)8-9-21(34)39-4/h6-7,12-14,19,36H,8-11H2,1-5H3,(H,30,35)(H,32,38)/t19-/m0/s1. The van der Waals surface area contributed by atoms with Gasteiger partial charge in [-0.25, -0.2) is 19.2 Å². The van der Waals surface area contributed by atoms with E-state index in [1.807, 2.05) is 0 Å².